The molecular weight excluding hydrogens is 316 g/mol. The van der Waals surface area contributed by atoms with Crippen molar-refractivity contribution in [2.24, 2.45) is 5.92 Å². The normalized spacial score (nSPS) is 21.8. The maximum Gasteiger partial charge on any atom is 0.307 e. The molecule has 1 aliphatic heterocycles. The predicted octanol–water partition coefficient (Wildman–Crippen LogP) is 3.02. The molecule has 2 fully saturated rings. The van der Waals surface area contributed by atoms with Crippen molar-refractivity contribution < 1.29 is 14.3 Å². The number of fused-ring (bicyclic) bond motifs is 1. The summed E-state index contributed by atoms with van der Waals surface area (Å²) in [6.07, 6.45) is 6.91. The molecule has 2 aromatic rings. The molecule has 0 unspecified atom stereocenters. The van der Waals surface area contributed by atoms with Gasteiger partial charge in [0.05, 0.1) is 12.3 Å². The van der Waals surface area contributed by atoms with Gasteiger partial charge in [0, 0.05) is 24.8 Å². The Bertz CT molecular complexity index is 789. The van der Waals surface area contributed by atoms with Gasteiger partial charge in [-0.25, -0.2) is 0 Å². The molecule has 5 heteroatoms. The van der Waals surface area contributed by atoms with Crippen molar-refractivity contribution in [3.8, 4) is 0 Å². The first-order chi connectivity index (χ1) is 12.2. The van der Waals surface area contributed by atoms with Crippen LogP contribution in [-0.4, -0.2) is 28.6 Å². The van der Waals surface area contributed by atoms with Crippen molar-refractivity contribution in [1.29, 1.82) is 0 Å². The number of rotatable bonds is 5. The SMILES string of the molecule is O=C1C[C@H](C(=O)NCCCn2ccc3ccccc32)C2(CCCC2)O1. The van der Waals surface area contributed by atoms with Crippen molar-refractivity contribution in [2.45, 2.75) is 50.7 Å². The van der Waals surface area contributed by atoms with E-state index in [2.05, 4.69) is 34.3 Å². The molecular formula is C20H24N2O3. The lowest BCUT2D eigenvalue weighted by atomic mass is 9.85. The lowest BCUT2D eigenvalue weighted by Gasteiger charge is -2.27. The van der Waals surface area contributed by atoms with Crippen LogP contribution in [0.4, 0.5) is 0 Å². The van der Waals surface area contributed by atoms with Gasteiger partial charge in [0.25, 0.3) is 0 Å². The number of carbonyl (C=O) groups is 2. The van der Waals surface area contributed by atoms with E-state index >= 15 is 0 Å². The Morgan fingerprint density at radius 1 is 1.24 bits per heavy atom. The Labute approximate surface area is 147 Å². The second kappa shape index (κ2) is 6.54. The van der Waals surface area contributed by atoms with E-state index in [-0.39, 0.29) is 24.2 Å². The number of para-hydroxylation sites is 1. The van der Waals surface area contributed by atoms with Crippen LogP contribution >= 0.6 is 0 Å². The van der Waals surface area contributed by atoms with Crippen LogP contribution < -0.4 is 5.32 Å². The van der Waals surface area contributed by atoms with E-state index in [1.165, 1.54) is 10.9 Å². The number of ether oxygens (including phenoxy) is 1. The average molecular weight is 340 g/mol. The highest BCUT2D eigenvalue weighted by molar-refractivity contribution is 5.88. The molecule has 1 atom stereocenters. The van der Waals surface area contributed by atoms with Gasteiger partial charge in [-0.1, -0.05) is 18.2 Å². The third-order valence-electron chi connectivity index (χ3n) is 5.64. The summed E-state index contributed by atoms with van der Waals surface area (Å²) in [6.45, 7) is 1.48. The van der Waals surface area contributed by atoms with E-state index in [0.29, 0.717) is 6.54 Å². The number of nitrogens with one attached hydrogen (secondary N) is 1. The Balaban J connectivity index is 1.31. The molecule has 0 radical (unpaired) electrons. The molecule has 2 aliphatic rings. The highest BCUT2D eigenvalue weighted by Gasteiger charge is 2.53. The second-order valence-electron chi connectivity index (χ2n) is 7.22. The topological polar surface area (TPSA) is 60.3 Å². The quantitative estimate of drug-likeness (QED) is 0.672. The van der Waals surface area contributed by atoms with Gasteiger partial charge in [-0.15, -0.1) is 0 Å². The lowest BCUT2D eigenvalue weighted by Crippen LogP contribution is -2.43. The van der Waals surface area contributed by atoms with Crippen LogP contribution in [0.25, 0.3) is 10.9 Å². The number of amides is 1. The summed E-state index contributed by atoms with van der Waals surface area (Å²) in [5, 5.41) is 4.26. The summed E-state index contributed by atoms with van der Waals surface area (Å²) in [5.74, 6) is -0.555. The fraction of sp³-hybridized carbons (Fsp3) is 0.500. The molecule has 1 saturated carbocycles. The maximum atomic E-state index is 12.6. The highest BCUT2D eigenvalue weighted by atomic mass is 16.6. The van der Waals surface area contributed by atoms with Gasteiger partial charge in [-0.05, 0) is 49.6 Å². The van der Waals surface area contributed by atoms with Crippen LogP contribution in [0.2, 0.25) is 0 Å². The highest BCUT2D eigenvalue weighted by Crippen LogP contribution is 2.45. The average Bonchev–Trinajstić information content (AvgIpc) is 3.32. The van der Waals surface area contributed by atoms with Crippen molar-refractivity contribution in [3.05, 3.63) is 36.5 Å². The van der Waals surface area contributed by atoms with Gasteiger partial charge in [0.1, 0.15) is 5.60 Å². The number of esters is 1. The Hall–Kier alpha value is -2.30. The Morgan fingerprint density at radius 3 is 2.88 bits per heavy atom. The zero-order chi connectivity index (χ0) is 17.3. The molecule has 0 bridgehead atoms. The number of carbonyl (C=O) groups excluding carboxylic acids is 2. The van der Waals surface area contributed by atoms with E-state index in [9.17, 15) is 9.59 Å². The molecule has 1 N–H and O–H groups in total. The van der Waals surface area contributed by atoms with Crippen molar-refractivity contribution in [3.63, 3.8) is 0 Å². The molecule has 1 aliphatic carbocycles. The minimum atomic E-state index is -0.516. The molecule has 5 nitrogen and oxygen atoms in total. The fourth-order valence-corrected chi connectivity index (χ4v) is 4.37. The van der Waals surface area contributed by atoms with Crippen LogP contribution in [0.5, 0.6) is 0 Å². The first-order valence-electron chi connectivity index (χ1n) is 9.21. The molecule has 1 spiro atoms. The van der Waals surface area contributed by atoms with Gasteiger partial charge >= 0.3 is 5.97 Å². The van der Waals surface area contributed by atoms with Gasteiger partial charge < -0.3 is 14.6 Å². The van der Waals surface area contributed by atoms with E-state index < -0.39 is 5.60 Å². The molecule has 4 rings (SSSR count). The van der Waals surface area contributed by atoms with E-state index in [4.69, 9.17) is 4.74 Å². The molecule has 1 aromatic heterocycles. The summed E-state index contributed by atoms with van der Waals surface area (Å²) in [5.41, 5.74) is 0.700. The fourth-order valence-electron chi connectivity index (χ4n) is 4.37. The van der Waals surface area contributed by atoms with Crippen LogP contribution in [0.3, 0.4) is 0 Å². The zero-order valence-corrected chi connectivity index (χ0v) is 14.4. The Kier molecular flexibility index (Phi) is 4.24. The van der Waals surface area contributed by atoms with E-state index in [0.717, 1.165) is 38.6 Å². The monoisotopic (exact) mass is 340 g/mol. The molecule has 1 amide bonds. The van der Waals surface area contributed by atoms with Gasteiger partial charge in [0.15, 0.2) is 0 Å². The Morgan fingerprint density at radius 2 is 2.04 bits per heavy atom. The molecule has 1 saturated heterocycles. The number of aryl methyl sites for hydroxylation is 1. The molecule has 25 heavy (non-hydrogen) atoms. The first kappa shape index (κ1) is 16.2. The minimum absolute atomic E-state index is 0.0230. The van der Waals surface area contributed by atoms with Gasteiger partial charge in [-0.2, -0.15) is 0 Å². The van der Waals surface area contributed by atoms with Crippen molar-refractivity contribution in [2.75, 3.05) is 6.54 Å². The largest absolute Gasteiger partial charge is 0.458 e. The molecule has 132 valence electrons. The zero-order valence-electron chi connectivity index (χ0n) is 14.4. The van der Waals surface area contributed by atoms with Crippen LogP contribution in [-0.2, 0) is 20.9 Å². The van der Waals surface area contributed by atoms with Crippen molar-refractivity contribution >= 4 is 22.8 Å². The number of nitrogens with zero attached hydrogens (tertiary/aromatic N) is 1. The number of benzene rings is 1. The number of hydrogen-bond donors (Lipinski definition) is 1. The third-order valence-corrected chi connectivity index (χ3v) is 5.64. The third kappa shape index (κ3) is 3.03. The predicted molar refractivity (Wildman–Crippen MR) is 95.0 cm³/mol. The molecule has 2 heterocycles. The van der Waals surface area contributed by atoms with Crippen LogP contribution in [0.1, 0.15) is 38.5 Å². The summed E-state index contributed by atoms with van der Waals surface area (Å²) < 4.78 is 7.76. The summed E-state index contributed by atoms with van der Waals surface area (Å²) >= 11 is 0. The first-order valence-corrected chi connectivity index (χ1v) is 9.21. The van der Waals surface area contributed by atoms with E-state index in [1.807, 2.05) is 12.1 Å². The second-order valence-corrected chi connectivity index (χ2v) is 7.22. The summed E-state index contributed by atoms with van der Waals surface area (Å²) in [7, 11) is 0. The van der Waals surface area contributed by atoms with Crippen LogP contribution in [0, 0.1) is 5.92 Å². The van der Waals surface area contributed by atoms with Gasteiger partial charge in [0.2, 0.25) is 5.91 Å². The minimum Gasteiger partial charge on any atom is -0.458 e. The number of hydrogen-bond acceptors (Lipinski definition) is 3. The van der Waals surface area contributed by atoms with Gasteiger partial charge in [-0.3, -0.25) is 9.59 Å². The van der Waals surface area contributed by atoms with Crippen molar-refractivity contribution in [1.82, 2.24) is 9.88 Å². The number of aromatic nitrogens is 1. The maximum absolute atomic E-state index is 12.6. The summed E-state index contributed by atoms with van der Waals surface area (Å²) in [6, 6.07) is 10.4. The molecule has 1 aromatic carbocycles. The van der Waals surface area contributed by atoms with Crippen LogP contribution in [0.15, 0.2) is 36.5 Å². The summed E-state index contributed by atoms with van der Waals surface area (Å²) in [4.78, 5) is 24.3. The smallest absolute Gasteiger partial charge is 0.307 e. The lowest BCUT2D eigenvalue weighted by molar-refractivity contribution is -0.149. The standard InChI is InChI=1S/C20H24N2O3/c23-18-14-16(20(25-18)9-3-4-10-20)19(24)21-11-5-12-22-13-8-15-6-1-2-7-17(15)22/h1-2,6-8,13,16H,3-5,9-12,14H2,(H,21,24)/t16-/m1/s1. The van der Waals surface area contributed by atoms with E-state index in [1.54, 1.807) is 0 Å².